The van der Waals surface area contributed by atoms with Crippen LogP contribution in [0, 0.1) is 11.3 Å². The van der Waals surface area contributed by atoms with Gasteiger partial charge in [0, 0.05) is 10.7 Å². The highest BCUT2D eigenvalue weighted by Gasteiger charge is 2.56. The molecule has 4 N–H and O–H groups in total. The van der Waals surface area contributed by atoms with Gasteiger partial charge in [0.05, 0.1) is 58.5 Å². The smallest absolute Gasteiger partial charge is 0.0923 e. The summed E-state index contributed by atoms with van der Waals surface area (Å²) in [5.74, 6) is -0.278. The van der Waals surface area contributed by atoms with Gasteiger partial charge < -0.3 is 34.6 Å². The SMILES string of the molecule is CC(C)(O)C1CC(C)(C(O)CCC(C)(O)C2CCC3OC(C4(C)CCC(Br)C(C)(C)O4)CCC3(C)O2)CC1O. The number of aliphatic hydroxyl groups is 4. The van der Waals surface area contributed by atoms with E-state index in [1.54, 1.807) is 13.8 Å². The summed E-state index contributed by atoms with van der Waals surface area (Å²) < 4.78 is 20.0. The number of halogens is 1. The highest BCUT2D eigenvalue weighted by Crippen LogP contribution is 2.51. The molecule has 8 heteroatoms. The van der Waals surface area contributed by atoms with Crippen molar-refractivity contribution in [2.24, 2.45) is 11.3 Å². The second-order valence-corrected chi connectivity index (χ2v) is 16.6. The maximum absolute atomic E-state index is 11.5. The molecule has 11 atom stereocenters. The average molecular weight is 620 g/mol. The normalized spacial score (nSPS) is 47.3. The first-order valence-electron chi connectivity index (χ1n) is 15.2. The molecule has 4 aliphatic rings. The molecule has 0 aromatic heterocycles. The molecule has 0 radical (unpaired) electrons. The molecule has 39 heavy (non-hydrogen) atoms. The maximum Gasteiger partial charge on any atom is 0.0923 e. The number of ether oxygens (including phenoxy) is 3. The number of alkyl halides is 1. The van der Waals surface area contributed by atoms with Crippen molar-refractivity contribution >= 4 is 15.9 Å². The van der Waals surface area contributed by atoms with Crippen molar-refractivity contribution < 1.29 is 34.6 Å². The van der Waals surface area contributed by atoms with Crippen LogP contribution in [0.5, 0.6) is 0 Å². The minimum absolute atomic E-state index is 0.0147. The van der Waals surface area contributed by atoms with E-state index >= 15 is 0 Å². The topological polar surface area (TPSA) is 109 Å². The summed E-state index contributed by atoms with van der Waals surface area (Å²) in [6.07, 6.45) is 5.31. The van der Waals surface area contributed by atoms with Gasteiger partial charge >= 0.3 is 0 Å². The Bertz CT molecular complexity index is 873. The first-order chi connectivity index (χ1) is 17.7. The van der Waals surface area contributed by atoms with Crippen LogP contribution in [0.25, 0.3) is 0 Å². The van der Waals surface area contributed by atoms with E-state index in [0.717, 1.165) is 32.1 Å². The zero-order chi connectivity index (χ0) is 29.2. The van der Waals surface area contributed by atoms with Gasteiger partial charge in [0.25, 0.3) is 0 Å². The van der Waals surface area contributed by atoms with Crippen LogP contribution in [0.4, 0.5) is 0 Å². The fourth-order valence-electron chi connectivity index (χ4n) is 8.05. The lowest BCUT2D eigenvalue weighted by Crippen LogP contribution is -2.63. The third-order valence-electron chi connectivity index (χ3n) is 11.0. The minimum Gasteiger partial charge on any atom is -0.393 e. The highest BCUT2D eigenvalue weighted by molar-refractivity contribution is 9.09. The monoisotopic (exact) mass is 618 g/mol. The van der Waals surface area contributed by atoms with Crippen molar-refractivity contribution in [3.63, 3.8) is 0 Å². The Hall–Kier alpha value is 0.200. The molecule has 3 aliphatic heterocycles. The maximum atomic E-state index is 11.5. The molecule has 4 rings (SSSR count). The summed E-state index contributed by atoms with van der Waals surface area (Å²) >= 11 is 3.78. The zero-order valence-electron chi connectivity index (χ0n) is 25.5. The molecule has 1 saturated carbocycles. The molecule has 11 unspecified atom stereocenters. The van der Waals surface area contributed by atoms with E-state index in [0.29, 0.717) is 36.9 Å². The Morgan fingerprint density at radius 2 is 1.51 bits per heavy atom. The van der Waals surface area contributed by atoms with Crippen LogP contribution in [0.3, 0.4) is 0 Å². The van der Waals surface area contributed by atoms with E-state index in [1.807, 2.05) is 13.8 Å². The van der Waals surface area contributed by atoms with E-state index in [9.17, 15) is 20.4 Å². The number of fused-ring (bicyclic) bond motifs is 1. The number of hydrogen-bond acceptors (Lipinski definition) is 7. The van der Waals surface area contributed by atoms with Crippen LogP contribution in [0.2, 0.25) is 0 Å². The quantitative estimate of drug-likeness (QED) is 0.297. The molecule has 7 nitrogen and oxygen atoms in total. The van der Waals surface area contributed by atoms with Gasteiger partial charge in [-0.3, -0.25) is 0 Å². The molecule has 0 aromatic carbocycles. The average Bonchev–Trinajstić information content (AvgIpc) is 3.14. The molecule has 0 bridgehead atoms. The second kappa shape index (κ2) is 10.7. The fraction of sp³-hybridized carbons (Fsp3) is 1.00. The molecule has 1 aliphatic carbocycles. The lowest BCUT2D eigenvalue weighted by molar-refractivity contribution is -0.301. The third-order valence-corrected chi connectivity index (χ3v) is 12.6. The lowest BCUT2D eigenvalue weighted by atomic mass is 9.74. The number of aliphatic hydroxyl groups excluding tert-OH is 2. The van der Waals surface area contributed by atoms with Crippen LogP contribution < -0.4 is 0 Å². The Labute approximate surface area is 244 Å². The summed E-state index contributed by atoms with van der Waals surface area (Å²) in [7, 11) is 0. The summed E-state index contributed by atoms with van der Waals surface area (Å²) in [5, 5.41) is 43.7. The standard InChI is InChI=1S/C31H55BrO7/c1-26(2,35)19-17-28(5,18-20(19)33)22(34)12-14-29(6,36)23-9-10-24-30(7,38-23)16-13-25(37-24)31(8)15-11-21(32)27(3,4)39-31/h19-25,33-36H,9-18H2,1-8H3. The molecule has 4 fully saturated rings. The molecule has 3 saturated heterocycles. The van der Waals surface area contributed by atoms with Crippen LogP contribution in [0.15, 0.2) is 0 Å². The Morgan fingerprint density at radius 1 is 0.897 bits per heavy atom. The van der Waals surface area contributed by atoms with E-state index in [2.05, 4.69) is 43.6 Å². The summed E-state index contributed by atoms with van der Waals surface area (Å²) in [4.78, 5) is 0.329. The number of rotatable bonds is 7. The van der Waals surface area contributed by atoms with Crippen LogP contribution in [0.1, 0.15) is 120 Å². The molecular formula is C31H55BrO7. The predicted molar refractivity (Wildman–Crippen MR) is 155 cm³/mol. The molecule has 228 valence electrons. The van der Waals surface area contributed by atoms with Crippen molar-refractivity contribution in [3.05, 3.63) is 0 Å². The van der Waals surface area contributed by atoms with E-state index in [-0.39, 0.29) is 35.4 Å². The van der Waals surface area contributed by atoms with Crippen LogP contribution >= 0.6 is 15.9 Å². The first-order valence-corrected chi connectivity index (χ1v) is 16.1. The van der Waals surface area contributed by atoms with Crippen molar-refractivity contribution in [2.75, 3.05) is 0 Å². The van der Waals surface area contributed by atoms with Gasteiger partial charge in [0.15, 0.2) is 0 Å². The van der Waals surface area contributed by atoms with Crippen LogP contribution in [-0.2, 0) is 14.2 Å². The van der Waals surface area contributed by atoms with Gasteiger partial charge in [-0.2, -0.15) is 0 Å². The van der Waals surface area contributed by atoms with Gasteiger partial charge in [0.2, 0.25) is 0 Å². The second-order valence-electron chi connectivity index (χ2n) is 15.5. The number of hydrogen-bond donors (Lipinski definition) is 4. The Balaban J connectivity index is 1.34. The first kappa shape index (κ1) is 32.1. The molecule has 0 amide bonds. The van der Waals surface area contributed by atoms with Gasteiger partial charge in [-0.05, 0) is 118 Å². The molecule has 0 aromatic rings. The highest BCUT2D eigenvalue weighted by atomic mass is 79.9. The van der Waals surface area contributed by atoms with E-state index in [4.69, 9.17) is 14.2 Å². The van der Waals surface area contributed by atoms with Crippen LogP contribution in [-0.4, -0.2) is 83.8 Å². The third kappa shape index (κ3) is 6.43. The van der Waals surface area contributed by atoms with Crippen molar-refractivity contribution in [2.45, 2.75) is 183 Å². The van der Waals surface area contributed by atoms with E-state index < -0.39 is 34.4 Å². The van der Waals surface area contributed by atoms with Gasteiger partial charge in [0.1, 0.15) is 0 Å². The summed E-state index contributed by atoms with van der Waals surface area (Å²) in [6.45, 7) is 15.8. The summed E-state index contributed by atoms with van der Waals surface area (Å²) in [5.41, 5.74) is -3.65. The van der Waals surface area contributed by atoms with Gasteiger partial charge in [-0.15, -0.1) is 0 Å². The fourth-order valence-corrected chi connectivity index (χ4v) is 8.37. The Kier molecular flexibility index (Phi) is 8.83. The largest absolute Gasteiger partial charge is 0.393 e. The molecule has 0 spiro atoms. The zero-order valence-corrected chi connectivity index (χ0v) is 27.1. The van der Waals surface area contributed by atoms with Crippen molar-refractivity contribution in [1.29, 1.82) is 0 Å². The van der Waals surface area contributed by atoms with Crippen molar-refractivity contribution in [1.82, 2.24) is 0 Å². The van der Waals surface area contributed by atoms with E-state index in [1.165, 1.54) is 0 Å². The van der Waals surface area contributed by atoms with Gasteiger partial charge in [-0.25, -0.2) is 0 Å². The predicted octanol–water partition coefficient (Wildman–Crippen LogP) is 5.02. The molecular weight excluding hydrogens is 564 g/mol. The minimum atomic E-state index is -1.09. The lowest BCUT2D eigenvalue weighted by Gasteiger charge is -2.56. The van der Waals surface area contributed by atoms with Gasteiger partial charge in [-0.1, -0.05) is 22.9 Å². The van der Waals surface area contributed by atoms with Crippen molar-refractivity contribution in [3.8, 4) is 0 Å². The molecule has 3 heterocycles. The summed E-state index contributed by atoms with van der Waals surface area (Å²) in [6, 6.07) is 0. The Morgan fingerprint density at radius 3 is 2.10 bits per heavy atom.